The molecule has 1 aliphatic carbocycles. The first-order valence-corrected chi connectivity index (χ1v) is 11.1. The van der Waals surface area contributed by atoms with E-state index in [1.54, 1.807) is 13.3 Å². The maximum absolute atomic E-state index is 12.8. The lowest BCUT2D eigenvalue weighted by Gasteiger charge is -2.35. The number of rotatable bonds is 6. The molecule has 7 nitrogen and oxygen atoms in total. The summed E-state index contributed by atoms with van der Waals surface area (Å²) in [6.07, 6.45) is 8.17. The number of sulfonamides is 1. The molecule has 1 aromatic heterocycles. The van der Waals surface area contributed by atoms with Crippen LogP contribution in [-0.4, -0.2) is 57.3 Å². The first-order valence-electron chi connectivity index (χ1n) is 9.57. The number of hydrogen-bond acceptors (Lipinski definition) is 4. The van der Waals surface area contributed by atoms with Crippen LogP contribution < -0.4 is 10.0 Å². The molecule has 154 valence electrons. The van der Waals surface area contributed by atoms with E-state index in [-0.39, 0.29) is 35.3 Å². The second kappa shape index (κ2) is 10.7. The van der Waals surface area contributed by atoms with Crippen molar-refractivity contribution in [3.8, 4) is 0 Å². The molecule has 1 aromatic rings. The molecule has 1 aliphatic heterocycles. The molecule has 0 spiro atoms. The summed E-state index contributed by atoms with van der Waals surface area (Å²) < 4.78 is 33.8. The van der Waals surface area contributed by atoms with Crippen LogP contribution in [0.5, 0.6) is 0 Å². The number of aliphatic imine (C=N–C) groups is 1. The number of piperidine rings is 1. The van der Waals surface area contributed by atoms with Gasteiger partial charge in [-0.05, 0) is 37.8 Å². The Kier molecular flexibility index (Phi) is 8.87. The van der Waals surface area contributed by atoms with Crippen LogP contribution in [0.3, 0.4) is 0 Å². The molecule has 0 bridgehead atoms. The van der Waals surface area contributed by atoms with Crippen molar-refractivity contribution in [1.29, 1.82) is 0 Å². The molecule has 3 rings (SSSR count). The summed E-state index contributed by atoms with van der Waals surface area (Å²) in [4.78, 5) is 6.40. The fourth-order valence-electron chi connectivity index (χ4n) is 3.84. The lowest BCUT2D eigenvalue weighted by atomic mass is 10.1. The molecule has 2 N–H and O–H groups in total. The molecule has 1 saturated carbocycles. The third-order valence-corrected chi connectivity index (χ3v) is 7.17. The normalized spacial score (nSPS) is 21.9. The van der Waals surface area contributed by atoms with Crippen LogP contribution in [-0.2, 0) is 16.4 Å². The Labute approximate surface area is 179 Å². The van der Waals surface area contributed by atoms with E-state index < -0.39 is 10.0 Å². The molecule has 2 heterocycles. The third-order valence-electron chi connectivity index (χ3n) is 5.25. The number of nitrogens with one attached hydrogen (secondary N) is 2. The average Bonchev–Trinajstić information content (AvgIpc) is 3.32. The van der Waals surface area contributed by atoms with Gasteiger partial charge in [0.25, 0.3) is 0 Å². The van der Waals surface area contributed by atoms with E-state index in [9.17, 15) is 8.42 Å². The van der Waals surface area contributed by atoms with Gasteiger partial charge in [0.05, 0.1) is 11.5 Å². The zero-order valence-corrected chi connectivity index (χ0v) is 19.0. The van der Waals surface area contributed by atoms with Gasteiger partial charge in [-0.15, -0.1) is 24.0 Å². The van der Waals surface area contributed by atoms with Crippen LogP contribution in [0.4, 0.5) is 0 Å². The summed E-state index contributed by atoms with van der Waals surface area (Å²) in [6, 6.07) is 3.95. The summed E-state index contributed by atoms with van der Waals surface area (Å²) in [5.41, 5.74) is 0. The number of likely N-dealkylation sites (tertiary alicyclic amines) is 1. The largest absolute Gasteiger partial charge is 0.469 e. The highest BCUT2D eigenvalue weighted by molar-refractivity contribution is 14.0. The van der Waals surface area contributed by atoms with Crippen LogP contribution in [0.2, 0.25) is 0 Å². The minimum absolute atomic E-state index is 0. The number of nitrogens with zero attached hydrogens (tertiary/aromatic N) is 2. The molecule has 27 heavy (non-hydrogen) atoms. The van der Waals surface area contributed by atoms with Crippen LogP contribution in [0.25, 0.3) is 0 Å². The fraction of sp³-hybridized carbons (Fsp3) is 0.722. The van der Waals surface area contributed by atoms with Gasteiger partial charge in [0, 0.05) is 39.1 Å². The number of furan rings is 1. The monoisotopic (exact) mass is 510 g/mol. The predicted octanol–water partition coefficient (Wildman–Crippen LogP) is 2.34. The van der Waals surface area contributed by atoms with Gasteiger partial charge in [-0.2, -0.15) is 0 Å². The summed E-state index contributed by atoms with van der Waals surface area (Å²) >= 11 is 0. The van der Waals surface area contributed by atoms with Crippen molar-refractivity contribution < 1.29 is 12.8 Å². The summed E-state index contributed by atoms with van der Waals surface area (Å²) in [5, 5.41) is 2.95. The maximum Gasteiger partial charge on any atom is 0.216 e. The van der Waals surface area contributed by atoms with Crippen molar-refractivity contribution >= 4 is 40.0 Å². The van der Waals surface area contributed by atoms with E-state index >= 15 is 0 Å². The van der Waals surface area contributed by atoms with Crippen molar-refractivity contribution in [2.24, 2.45) is 4.99 Å². The van der Waals surface area contributed by atoms with Gasteiger partial charge in [0.1, 0.15) is 5.76 Å². The first kappa shape index (κ1) is 22.5. The number of guanidine groups is 1. The van der Waals surface area contributed by atoms with Gasteiger partial charge in [-0.1, -0.05) is 12.8 Å². The highest BCUT2D eigenvalue weighted by Gasteiger charge is 2.33. The second-order valence-corrected chi connectivity index (χ2v) is 9.15. The maximum atomic E-state index is 12.8. The van der Waals surface area contributed by atoms with Crippen LogP contribution in [0, 0.1) is 0 Å². The predicted molar refractivity (Wildman–Crippen MR) is 118 cm³/mol. The van der Waals surface area contributed by atoms with E-state index in [2.05, 4.69) is 19.9 Å². The molecule has 1 atom stereocenters. The molecule has 9 heteroatoms. The average molecular weight is 510 g/mol. The van der Waals surface area contributed by atoms with E-state index in [1.807, 2.05) is 12.1 Å². The third kappa shape index (κ3) is 6.35. The Morgan fingerprint density at radius 2 is 2.07 bits per heavy atom. The van der Waals surface area contributed by atoms with E-state index in [4.69, 9.17) is 4.42 Å². The van der Waals surface area contributed by atoms with Crippen LogP contribution in [0.1, 0.15) is 44.3 Å². The number of halogens is 1. The highest BCUT2D eigenvalue weighted by Crippen LogP contribution is 2.22. The van der Waals surface area contributed by atoms with Gasteiger partial charge in [0.15, 0.2) is 5.96 Å². The van der Waals surface area contributed by atoms with Crippen molar-refractivity contribution in [2.45, 2.75) is 56.2 Å². The minimum atomic E-state index is -3.29. The zero-order valence-electron chi connectivity index (χ0n) is 15.9. The first-order chi connectivity index (χ1) is 12.6. The molecule has 2 aliphatic rings. The number of hydrogen-bond donors (Lipinski definition) is 2. The quantitative estimate of drug-likeness (QED) is 0.349. The molecule has 0 aromatic carbocycles. The molecule has 0 radical (unpaired) electrons. The SMILES string of the molecule is CN=C(NCCc1ccco1)N1CCCC(S(=O)(=O)NC2CCCC2)C1.I. The summed E-state index contributed by atoms with van der Waals surface area (Å²) in [6.45, 7) is 2.02. The van der Waals surface area contributed by atoms with Gasteiger partial charge in [0.2, 0.25) is 10.0 Å². The van der Waals surface area contributed by atoms with Gasteiger partial charge >= 0.3 is 0 Å². The molecule has 1 unspecified atom stereocenters. The summed E-state index contributed by atoms with van der Waals surface area (Å²) in [7, 11) is -1.55. The summed E-state index contributed by atoms with van der Waals surface area (Å²) in [5.74, 6) is 1.69. The molecule has 0 amide bonds. The molecule has 1 saturated heterocycles. The Morgan fingerprint density at radius 1 is 1.30 bits per heavy atom. The van der Waals surface area contributed by atoms with E-state index in [0.717, 1.165) is 56.8 Å². The second-order valence-electron chi connectivity index (χ2n) is 7.16. The Morgan fingerprint density at radius 3 is 2.74 bits per heavy atom. The zero-order chi connectivity index (χ0) is 18.4. The fourth-order valence-corrected chi connectivity index (χ4v) is 5.59. The molecular weight excluding hydrogens is 479 g/mol. The van der Waals surface area contributed by atoms with E-state index in [1.165, 1.54) is 0 Å². The highest BCUT2D eigenvalue weighted by atomic mass is 127. The van der Waals surface area contributed by atoms with E-state index in [0.29, 0.717) is 19.5 Å². The van der Waals surface area contributed by atoms with Crippen LogP contribution >= 0.6 is 24.0 Å². The van der Waals surface area contributed by atoms with Crippen LogP contribution in [0.15, 0.2) is 27.8 Å². The smallest absolute Gasteiger partial charge is 0.216 e. The molecular formula is C18H31IN4O3S. The van der Waals surface area contributed by atoms with Crippen molar-refractivity contribution in [3.63, 3.8) is 0 Å². The Balaban J connectivity index is 0.00000261. The topological polar surface area (TPSA) is 86.9 Å². The Bertz CT molecular complexity index is 687. The minimum Gasteiger partial charge on any atom is -0.469 e. The standard InChI is InChI=1S/C18H30N4O3S.HI/c1-19-18(20-11-10-16-8-5-13-25-16)22-12-4-9-17(14-22)26(23,24)21-15-6-2-3-7-15;/h5,8,13,15,17,21H,2-4,6-7,9-12,14H2,1H3,(H,19,20);1H. The lowest BCUT2D eigenvalue weighted by Crippen LogP contribution is -2.53. The van der Waals surface area contributed by atoms with Crippen molar-refractivity contribution in [2.75, 3.05) is 26.7 Å². The van der Waals surface area contributed by atoms with Gasteiger partial charge in [-0.25, -0.2) is 13.1 Å². The van der Waals surface area contributed by atoms with Gasteiger partial charge in [-0.3, -0.25) is 4.99 Å². The lowest BCUT2D eigenvalue weighted by molar-refractivity contribution is 0.329. The van der Waals surface area contributed by atoms with Crippen molar-refractivity contribution in [1.82, 2.24) is 14.9 Å². The van der Waals surface area contributed by atoms with Gasteiger partial charge < -0.3 is 14.6 Å². The van der Waals surface area contributed by atoms with Crippen molar-refractivity contribution in [3.05, 3.63) is 24.2 Å². The molecule has 2 fully saturated rings. The Hall–Kier alpha value is -0.810.